The van der Waals surface area contributed by atoms with Crippen molar-refractivity contribution in [2.45, 2.75) is 20.8 Å². The molecule has 98 valence electrons. The average molecular weight is 255 g/mol. The molecule has 0 spiro atoms. The Morgan fingerprint density at radius 2 is 1.89 bits per heavy atom. The fourth-order valence-electron chi connectivity index (χ4n) is 2.03. The van der Waals surface area contributed by atoms with E-state index in [-0.39, 0.29) is 5.91 Å². The van der Waals surface area contributed by atoms with Crippen LogP contribution in [0.5, 0.6) is 0 Å². The van der Waals surface area contributed by atoms with Crippen molar-refractivity contribution < 1.29 is 4.79 Å². The Labute approximate surface area is 112 Å². The minimum atomic E-state index is -0.171. The summed E-state index contributed by atoms with van der Waals surface area (Å²) >= 11 is 0. The number of hydrogen-bond acceptors (Lipinski definition) is 3. The van der Waals surface area contributed by atoms with Crippen molar-refractivity contribution in [3.05, 3.63) is 52.7 Å². The van der Waals surface area contributed by atoms with Crippen LogP contribution in [0.15, 0.2) is 30.3 Å². The number of nitrogens with one attached hydrogen (secondary N) is 1. The third-order valence-corrected chi connectivity index (χ3v) is 2.83. The summed E-state index contributed by atoms with van der Waals surface area (Å²) in [5.41, 5.74) is 9.73. The second-order valence-electron chi connectivity index (χ2n) is 4.70. The molecule has 0 aliphatic carbocycles. The summed E-state index contributed by atoms with van der Waals surface area (Å²) in [4.78, 5) is 16.5. The number of nitrogen functional groups attached to an aromatic ring is 1. The number of amides is 1. The smallest absolute Gasteiger partial charge is 0.257 e. The van der Waals surface area contributed by atoms with Crippen LogP contribution in [0.2, 0.25) is 0 Å². The zero-order valence-corrected chi connectivity index (χ0v) is 11.3. The number of aromatic nitrogens is 1. The molecule has 2 rings (SSSR count). The Morgan fingerprint density at radius 3 is 2.53 bits per heavy atom. The maximum absolute atomic E-state index is 12.2. The van der Waals surface area contributed by atoms with E-state index in [0.29, 0.717) is 17.1 Å². The Morgan fingerprint density at radius 1 is 1.16 bits per heavy atom. The van der Waals surface area contributed by atoms with Gasteiger partial charge in [-0.2, -0.15) is 0 Å². The highest BCUT2D eigenvalue weighted by molar-refractivity contribution is 6.05. The third kappa shape index (κ3) is 3.10. The molecule has 0 saturated heterocycles. The van der Waals surface area contributed by atoms with Crippen molar-refractivity contribution >= 4 is 17.4 Å². The van der Waals surface area contributed by atoms with E-state index in [1.54, 1.807) is 18.2 Å². The van der Waals surface area contributed by atoms with Gasteiger partial charge in [-0.1, -0.05) is 0 Å². The summed E-state index contributed by atoms with van der Waals surface area (Å²) in [6.45, 7) is 5.73. The number of nitrogens with two attached hydrogens (primary N) is 1. The van der Waals surface area contributed by atoms with Gasteiger partial charge in [0.15, 0.2) is 0 Å². The van der Waals surface area contributed by atoms with Gasteiger partial charge in [0.1, 0.15) is 5.82 Å². The molecule has 0 aliphatic rings. The maximum Gasteiger partial charge on any atom is 0.257 e. The molecule has 4 heteroatoms. The van der Waals surface area contributed by atoms with Crippen LogP contribution in [0, 0.1) is 20.8 Å². The number of hydrogen-bond donors (Lipinski definition) is 2. The normalized spacial score (nSPS) is 10.3. The van der Waals surface area contributed by atoms with Gasteiger partial charge in [0.25, 0.3) is 5.91 Å². The topological polar surface area (TPSA) is 68.0 Å². The quantitative estimate of drug-likeness (QED) is 0.811. The van der Waals surface area contributed by atoms with Crippen LogP contribution in [-0.2, 0) is 0 Å². The van der Waals surface area contributed by atoms with E-state index in [4.69, 9.17) is 5.73 Å². The molecule has 1 amide bonds. The van der Waals surface area contributed by atoms with E-state index in [1.807, 2.05) is 32.9 Å². The van der Waals surface area contributed by atoms with Crippen LogP contribution >= 0.6 is 0 Å². The molecule has 0 atom stereocenters. The number of aryl methyl sites for hydroxylation is 3. The van der Waals surface area contributed by atoms with Crippen LogP contribution in [0.4, 0.5) is 11.5 Å². The van der Waals surface area contributed by atoms with Crippen LogP contribution in [0.1, 0.15) is 27.2 Å². The highest BCUT2D eigenvalue weighted by atomic mass is 16.1. The number of rotatable bonds is 2. The summed E-state index contributed by atoms with van der Waals surface area (Å²) in [6.07, 6.45) is 0. The number of pyridine rings is 1. The summed E-state index contributed by atoms with van der Waals surface area (Å²) in [5, 5.41) is 2.81. The Balaban J connectivity index is 2.25. The SMILES string of the molecule is Cc1cc(C)nc(NC(=O)c2ccc(N)cc2C)c1. The molecule has 4 nitrogen and oxygen atoms in total. The number of carbonyl (C=O) groups excluding carboxylic acids is 1. The summed E-state index contributed by atoms with van der Waals surface area (Å²) in [5.74, 6) is 0.397. The predicted molar refractivity (Wildman–Crippen MR) is 77.3 cm³/mol. The number of benzene rings is 1. The zero-order chi connectivity index (χ0) is 14.0. The first-order chi connectivity index (χ1) is 8.95. The molecule has 0 aliphatic heterocycles. The van der Waals surface area contributed by atoms with E-state index in [0.717, 1.165) is 16.8 Å². The number of carbonyl (C=O) groups is 1. The monoisotopic (exact) mass is 255 g/mol. The van der Waals surface area contributed by atoms with E-state index in [1.165, 1.54) is 0 Å². The molecule has 0 unspecified atom stereocenters. The Hall–Kier alpha value is -2.36. The Bertz CT molecular complexity index is 615. The van der Waals surface area contributed by atoms with Crippen LogP contribution in [0.3, 0.4) is 0 Å². The standard InChI is InChI=1S/C15H17N3O/c1-9-6-11(3)17-14(7-9)18-15(19)13-5-4-12(16)8-10(13)2/h4-8H,16H2,1-3H3,(H,17,18,19). The second kappa shape index (κ2) is 5.10. The van der Waals surface area contributed by atoms with Crippen molar-refractivity contribution in [1.29, 1.82) is 0 Å². The largest absolute Gasteiger partial charge is 0.399 e. The molecule has 0 radical (unpaired) electrons. The van der Waals surface area contributed by atoms with Gasteiger partial charge < -0.3 is 11.1 Å². The summed E-state index contributed by atoms with van der Waals surface area (Å²) in [6, 6.07) is 9.03. The lowest BCUT2D eigenvalue weighted by Gasteiger charge is -2.09. The minimum Gasteiger partial charge on any atom is -0.399 e. The molecular weight excluding hydrogens is 238 g/mol. The first-order valence-corrected chi connectivity index (χ1v) is 6.08. The van der Waals surface area contributed by atoms with Gasteiger partial charge in [0.05, 0.1) is 0 Å². The van der Waals surface area contributed by atoms with Gasteiger partial charge in [-0.15, -0.1) is 0 Å². The summed E-state index contributed by atoms with van der Waals surface area (Å²) in [7, 11) is 0. The Kier molecular flexibility index (Phi) is 3.51. The van der Waals surface area contributed by atoms with E-state index < -0.39 is 0 Å². The molecule has 0 fully saturated rings. The first kappa shape index (κ1) is 13.1. The lowest BCUT2D eigenvalue weighted by molar-refractivity contribution is 0.102. The molecule has 1 aromatic heterocycles. The van der Waals surface area contributed by atoms with E-state index in [9.17, 15) is 4.79 Å². The third-order valence-electron chi connectivity index (χ3n) is 2.83. The van der Waals surface area contributed by atoms with Gasteiger partial charge in [0.2, 0.25) is 0 Å². The van der Waals surface area contributed by atoms with Crippen molar-refractivity contribution in [3.63, 3.8) is 0 Å². The number of nitrogens with zero attached hydrogens (tertiary/aromatic N) is 1. The van der Waals surface area contributed by atoms with Crippen molar-refractivity contribution in [1.82, 2.24) is 4.98 Å². The minimum absolute atomic E-state index is 0.171. The van der Waals surface area contributed by atoms with Crippen molar-refractivity contribution in [2.75, 3.05) is 11.1 Å². The van der Waals surface area contributed by atoms with Crippen molar-refractivity contribution in [2.24, 2.45) is 0 Å². The van der Waals surface area contributed by atoms with Gasteiger partial charge in [-0.3, -0.25) is 4.79 Å². The molecule has 2 aromatic rings. The molecule has 19 heavy (non-hydrogen) atoms. The first-order valence-electron chi connectivity index (χ1n) is 6.08. The van der Waals surface area contributed by atoms with E-state index >= 15 is 0 Å². The van der Waals surface area contributed by atoms with Gasteiger partial charge in [0, 0.05) is 16.9 Å². The van der Waals surface area contributed by atoms with Gasteiger partial charge in [-0.25, -0.2) is 4.98 Å². The van der Waals surface area contributed by atoms with Crippen LogP contribution in [-0.4, -0.2) is 10.9 Å². The number of anilines is 2. The molecule has 1 aromatic carbocycles. The van der Waals surface area contributed by atoms with Crippen LogP contribution < -0.4 is 11.1 Å². The fourth-order valence-corrected chi connectivity index (χ4v) is 2.03. The molecule has 1 heterocycles. The molecule has 0 saturated carbocycles. The van der Waals surface area contributed by atoms with Crippen molar-refractivity contribution in [3.8, 4) is 0 Å². The fraction of sp³-hybridized carbons (Fsp3) is 0.200. The summed E-state index contributed by atoms with van der Waals surface area (Å²) < 4.78 is 0. The zero-order valence-electron chi connectivity index (χ0n) is 11.3. The second-order valence-corrected chi connectivity index (χ2v) is 4.70. The highest BCUT2D eigenvalue weighted by Crippen LogP contribution is 2.15. The predicted octanol–water partition coefficient (Wildman–Crippen LogP) is 2.84. The average Bonchev–Trinajstić information content (AvgIpc) is 2.26. The van der Waals surface area contributed by atoms with E-state index in [2.05, 4.69) is 10.3 Å². The van der Waals surface area contributed by atoms with Gasteiger partial charge >= 0.3 is 0 Å². The molecule has 0 bridgehead atoms. The highest BCUT2D eigenvalue weighted by Gasteiger charge is 2.10. The molecule has 3 N–H and O–H groups in total. The lowest BCUT2D eigenvalue weighted by atomic mass is 10.1. The molecular formula is C15H17N3O. The van der Waals surface area contributed by atoms with Gasteiger partial charge in [-0.05, 0) is 62.2 Å². The van der Waals surface area contributed by atoms with Crippen LogP contribution in [0.25, 0.3) is 0 Å². The maximum atomic E-state index is 12.2. The lowest BCUT2D eigenvalue weighted by Crippen LogP contribution is -2.14.